The van der Waals surface area contributed by atoms with Crippen LogP contribution in [0.5, 0.6) is 11.8 Å². The molecule has 19 heavy (non-hydrogen) atoms. The number of aromatic nitrogens is 1. The van der Waals surface area contributed by atoms with Gasteiger partial charge in [-0.2, -0.15) is 4.98 Å². The Kier molecular flexibility index (Phi) is 4.57. The highest BCUT2D eigenvalue weighted by Gasteiger charge is 2.33. The van der Waals surface area contributed by atoms with E-state index in [1.807, 2.05) is 0 Å². The van der Waals surface area contributed by atoms with E-state index >= 15 is 0 Å². The number of pyridine rings is 1. The molecule has 0 saturated carbocycles. The lowest BCUT2D eigenvalue weighted by atomic mass is 10.1. The van der Waals surface area contributed by atoms with E-state index in [0.717, 1.165) is 0 Å². The van der Waals surface area contributed by atoms with Crippen LogP contribution in [0.2, 0.25) is 0 Å². The van der Waals surface area contributed by atoms with Gasteiger partial charge in [-0.1, -0.05) is 0 Å². The monoisotopic (exact) mass is 279 g/mol. The lowest BCUT2D eigenvalue weighted by Crippen LogP contribution is -2.19. The van der Waals surface area contributed by atoms with Gasteiger partial charge in [0, 0.05) is 11.6 Å². The lowest BCUT2D eigenvalue weighted by Gasteiger charge is -2.14. The van der Waals surface area contributed by atoms with E-state index in [1.165, 1.54) is 27.2 Å². The first-order valence-electron chi connectivity index (χ1n) is 5.14. The first kappa shape index (κ1) is 15.1. The molecule has 1 heterocycles. The minimum Gasteiger partial charge on any atom is -0.481 e. The maximum atomic E-state index is 12.2. The molecule has 1 rings (SSSR count). The van der Waals surface area contributed by atoms with Gasteiger partial charge in [-0.25, -0.2) is 0 Å². The third-order valence-corrected chi connectivity index (χ3v) is 2.30. The van der Waals surface area contributed by atoms with E-state index < -0.39 is 18.2 Å². The molecular formula is C11H12F3NO4. The van der Waals surface area contributed by atoms with Crippen LogP contribution >= 0.6 is 0 Å². The van der Waals surface area contributed by atoms with E-state index in [4.69, 9.17) is 4.74 Å². The molecule has 0 radical (unpaired) electrons. The Labute approximate surface area is 107 Å². The quantitative estimate of drug-likeness (QED) is 0.789. The van der Waals surface area contributed by atoms with E-state index in [2.05, 4.69) is 14.5 Å². The second kappa shape index (κ2) is 5.77. The van der Waals surface area contributed by atoms with Gasteiger partial charge in [-0.05, 0) is 12.5 Å². The second-order valence-corrected chi connectivity index (χ2v) is 3.55. The van der Waals surface area contributed by atoms with Crippen LogP contribution in [0.4, 0.5) is 13.2 Å². The zero-order valence-electron chi connectivity index (χ0n) is 10.5. The number of ether oxygens (including phenoxy) is 3. The van der Waals surface area contributed by atoms with Crippen LogP contribution in [0, 0.1) is 6.92 Å². The molecule has 0 unspecified atom stereocenters. The maximum absolute atomic E-state index is 12.2. The maximum Gasteiger partial charge on any atom is 0.574 e. The van der Waals surface area contributed by atoms with Crippen molar-refractivity contribution < 1.29 is 32.2 Å². The number of esters is 1. The van der Waals surface area contributed by atoms with Crippen molar-refractivity contribution in [1.82, 2.24) is 4.98 Å². The fourth-order valence-corrected chi connectivity index (χ4v) is 1.34. The molecule has 0 saturated heterocycles. The van der Waals surface area contributed by atoms with E-state index in [1.54, 1.807) is 0 Å². The molecule has 0 aliphatic rings. The first-order valence-corrected chi connectivity index (χ1v) is 5.14. The summed E-state index contributed by atoms with van der Waals surface area (Å²) < 4.78 is 49.7. The second-order valence-electron chi connectivity index (χ2n) is 3.55. The summed E-state index contributed by atoms with van der Waals surface area (Å²) in [6.45, 7) is 1.37. The Morgan fingerprint density at radius 1 is 1.37 bits per heavy atom. The van der Waals surface area contributed by atoms with Crippen molar-refractivity contribution in [2.75, 3.05) is 14.2 Å². The van der Waals surface area contributed by atoms with Gasteiger partial charge in [-0.3, -0.25) is 4.79 Å². The normalized spacial score (nSPS) is 11.1. The standard InChI is InChI=1S/C11H12F3NO4/c1-6-7(5-9(16)18-3)4-8(17-2)15-10(6)19-11(12,13)14/h4H,5H2,1-3H3. The van der Waals surface area contributed by atoms with Gasteiger partial charge in [0.05, 0.1) is 20.6 Å². The Hall–Kier alpha value is -1.99. The van der Waals surface area contributed by atoms with Crippen molar-refractivity contribution in [1.29, 1.82) is 0 Å². The summed E-state index contributed by atoms with van der Waals surface area (Å²) >= 11 is 0. The molecule has 0 aliphatic carbocycles. The van der Waals surface area contributed by atoms with Crippen LogP contribution in [0.25, 0.3) is 0 Å². The number of carbonyl (C=O) groups is 1. The van der Waals surface area contributed by atoms with Gasteiger partial charge in [0.25, 0.3) is 0 Å². The smallest absolute Gasteiger partial charge is 0.481 e. The van der Waals surface area contributed by atoms with Crippen LogP contribution in [0.15, 0.2) is 6.07 Å². The lowest BCUT2D eigenvalue weighted by molar-refractivity contribution is -0.276. The Morgan fingerprint density at radius 3 is 2.47 bits per heavy atom. The van der Waals surface area contributed by atoms with Crippen molar-refractivity contribution in [2.24, 2.45) is 0 Å². The zero-order chi connectivity index (χ0) is 14.6. The molecular weight excluding hydrogens is 267 g/mol. The van der Waals surface area contributed by atoms with Gasteiger partial charge >= 0.3 is 12.3 Å². The third-order valence-electron chi connectivity index (χ3n) is 2.30. The summed E-state index contributed by atoms with van der Waals surface area (Å²) in [4.78, 5) is 14.7. The third kappa shape index (κ3) is 4.31. The Morgan fingerprint density at radius 2 is 2.00 bits per heavy atom. The Balaban J connectivity index is 3.17. The molecule has 0 atom stereocenters. The summed E-state index contributed by atoms with van der Waals surface area (Å²) in [7, 11) is 2.43. The largest absolute Gasteiger partial charge is 0.574 e. The van der Waals surface area contributed by atoms with Crippen LogP contribution in [-0.4, -0.2) is 31.5 Å². The van der Waals surface area contributed by atoms with Crippen molar-refractivity contribution in [3.05, 3.63) is 17.2 Å². The predicted molar refractivity (Wildman–Crippen MR) is 57.9 cm³/mol. The Bertz CT molecular complexity index is 474. The summed E-state index contributed by atoms with van der Waals surface area (Å²) in [5.74, 6) is -1.32. The van der Waals surface area contributed by atoms with Crippen molar-refractivity contribution >= 4 is 5.97 Å². The average Bonchev–Trinajstić information content (AvgIpc) is 2.32. The minimum absolute atomic E-state index is 0.0799. The number of nitrogens with zero attached hydrogens (tertiary/aromatic N) is 1. The van der Waals surface area contributed by atoms with E-state index in [9.17, 15) is 18.0 Å². The van der Waals surface area contributed by atoms with Crippen LogP contribution in [0.1, 0.15) is 11.1 Å². The summed E-state index contributed by atoms with van der Waals surface area (Å²) in [6, 6.07) is 1.36. The molecule has 0 aromatic carbocycles. The van der Waals surface area contributed by atoms with Crippen LogP contribution in [-0.2, 0) is 16.0 Å². The number of halogens is 3. The highest BCUT2D eigenvalue weighted by Crippen LogP contribution is 2.29. The fraction of sp³-hybridized carbons (Fsp3) is 0.455. The van der Waals surface area contributed by atoms with Gasteiger partial charge < -0.3 is 14.2 Å². The highest BCUT2D eigenvalue weighted by molar-refractivity contribution is 5.73. The first-order chi connectivity index (χ1) is 8.76. The molecule has 0 fully saturated rings. The summed E-state index contributed by atoms with van der Waals surface area (Å²) in [5.41, 5.74) is 0.390. The molecule has 0 aliphatic heterocycles. The molecule has 0 spiro atoms. The van der Waals surface area contributed by atoms with Crippen LogP contribution in [0.3, 0.4) is 0 Å². The van der Waals surface area contributed by atoms with E-state index in [0.29, 0.717) is 0 Å². The number of hydrogen-bond acceptors (Lipinski definition) is 5. The summed E-state index contributed by atoms with van der Waals surface area (Å²) in [5, 5.41) is 0. The fourth-order valence-electron chi connectivity index (χ4n) is 1.34. The number of hydrogen-bond donors (Lipinski definition) is 0. The molecule has 0 amide bonds. The topological polar surface area (TPSA) is 57.7 Å². The molecule has 8 heteroatoms. The average molecular weight is 279 g/mol. The van der Waals surface area contributed by atoms with Crippen molar-refractivity contribution in [3.8, 4) is 11.8 Å². The SMILES string of the molecule is COC(=O)Cc1cc(OC)nc(OC(F)(F)F)c1C. The molecule has 1 aromatic heterocycles. The van der Waals surface area contributed by atoms with Crippen LogP contribution < -0.4 is 9.47 Å². The van der Waals surface area contributed by atoms with Gasteiger partial charge in [0.2, 0.25) is 11.8 Å². The number of methoxy groups -OCH3 is 2. The predicted octanol–water partition coefficient (Wildman–Crippen LogP) is 2.01. The van der Waals surface area contributed by atoms with E-state index in [-0.39, 0.29) is 23.4 Å². The molecule has 5 nitrogen and oxygen atoms in total. The number of alkyl halides is 3. The molecule has 0 bridgehead atoms. The number of carbonyl (C=O) groups excluding carboxylic acids is 1. The summed E-state index contributed by atoms with van der Waals surface area (Å²) in [6.07, 6.45) is -5.07. The molecule has 106 valence electrons. The van der Waals surface area contributed by atoms with Gasteiger partial charge in [0.15, 0.2) is 0 Å². The molecule has 0 N–H and O–H groups in total. The number of rotatable bonds is 4. The highest BCUT2D eigenvalue weighted by atomic mass is 19.4. The minimum atomic E-state index is -4.87. The zero-order valence-corrected chi connectivity index (χ0v) is 10.5. The van der Waals surface area contributed by atoms with Gasteiger partial charge in [-0.15, -0.1) is 13.2 Å². The van der Waals surface area contributed by atoms with Crippen molar-refractivity contribution in [2.45, 2.75) is 19.7 Å². The van der Waals surface area contributed by atoms with Gasteiger partial charge in [0.1, 0.15) is 0 Å². The molecule has 1 aromatic rings. The van der Waals surface area contributed by atoms with Crippen molar-refractivity contribution in [3.63, 3.8) is 0 Å².